The fraction of sp³-hybridized carbons (Fsp3) is 0.233. The Morgan fingerprint density at radius 1 is 0.921 bits per heavy atom. The van der Waals surface area contributed by atoms with Crippen LogP contribution in [0, 0.1) is 13.8 Å². The van der Waals surface area contributed by atoms with Crippen LogP contribution in [0.2, 0.25) is 0 Å². The van der Waals surface area contributed by atoms with Crippen molar-refractivity contribution in [2.24, 2.45) is 0 Å². The Kier molecular flexibility index (Phi) is 7.36. The number of carbonyl (C=O) groups excluding carboxylic acids is 1. The lowest BCUT2D eigenvalue weighted by atomic mass is 10.00. The average molecular weight is 545 g/mol. The summed E-state index contributed by atoms with van der Waals surface area (Å²) < 4.78 is 9.78. The maximum absolute atomic E-state index is 13.0. The van der Waals surface area contributed by atoms with Gasteiger partial charge in [0.15, 0.2) is 0 Å². The quantitative estimate of drug-likeness (QED) is 0.276. The van der Waals surface area contributed by atoms with Crippen molar-refractivity contribution in [2.45, 2.75) is 29.7 Å². The highest BCUT2D eigenvalue weighted by Crippen LogP contribution is 2.45. The van der Waals surface area contributed by atoms with E-state index in [-0.39, 0.29) is 5.91 Å². The number of nitrogens with zero attached hydrogens (tertiary/aromatic N) is 2. The lowest BCUT2D eigenvalue weighted by molar-refractivity contribution is 0.0925. The summed E-state index contributed by atoms with van der Waals surface area (Å²) >= 11 is 1.36. The molecule has 4 aromatic rings. The minimum atomic E-state index is -0.855. The number of ether oxygens (including phenoxy) is 1. The Hall–Kier alpha value is -3.49. The van der Waals surface area contributed by atoms with Gasteiger partial charge in [-0.15, -0.1) is 0 Å². The molecule has 38 heavy (non-hydrogen) atoms. The third-order valence-electron chi connectivity index (χ3n) is 6.47. The van der Waals surface area contributed by atoms with Gasteiger partial charge in [0.05, 0.1) is 12.2 Å². The molecule has 1 unspecified atom stereocenters. The van der Waals surface area contributed by atoms with Crippen LogP contribution < -0.4 is 14.8 Å². The molecule has 0 aliphatic carbocycles. The summed E-state index contributed by atoms with van der Waals surface area (Å²) in [6.07, 6.45) is 6.38. The summed E-state index contributed by atoms with van der Waals surface area (Å²) in [5.41, 5.74) is 5.65. The highest BCUT2D eigenvalue weighted by Gasteiger charge is 2.21. The number of hydrogen-bond donors (Lipinski definition) is 2. The molecule has 0 saturated heterocycles. The van der Waals surface area contributed by atoms with Gasteiger partial charge < -0.3 is 10.1 Å². The molecule has 2 heterocycles. The van der Waals surface area contributed by atoms with Gasteiger partial charge in [-0.25, -0.2) is 15.0 Å². The number of rotatable bonds is 3. The second kappa shape index (κ2) is 10.7. The molecule has 2 N–H and O–H groups in total. The predicted molar refractivity (Wildman–Crippen MR) is 159 cm³/mol. The van der Waals surface area contributed by atoms with Gasteiger partial charge in [-0.05, 0) is 96.5 Å². The first-order valence-corrected chi connectivity index (χ1v) is 16.1. The normalized spacial score (nSPS) is 16.1. The Morgan fingerprint density at radius 2 is 1.63 bits per heavy atom. The molecule has 1 aliphatic rings. The molecule has 0 spiro atoms. The number of fused-ring (bicyclic) bond motifs is 4. The monoisotopic (exact) mass is 544 g/mol. The minimum absolute atomic E-state index is 0.148. The van der Waals surface area contributed by atoms with Gasteiger partial charge in [0.25, 0.3) is 5.91 Å². The van der Waals surface area contributed by atoms with E-state index in [4.69, 9.17) is 14.7 Å². The molecule has 8 heteroatoms. The largest absolute Gasteiger partial charge is 0.467 e. The van der Waals surface area contributed by atoms with Gasteiger partial charge in [-0.3, -0.25) is 9.52 Å². The van der Waals surface area contributed by atoms with Crippen LogP contribution >= 0.6 is 22.0 Å². The molecule has 5 rings (SSSR count). The second-order valence-corrected chi connectivity index (χ2v) is 15.2. The second-order valence-electron chi connectivity index (χ2n) is 10.1. The van der Waals surface area contributed by atoms with Crippen LogP contribution in [0.15, 0.2) is 82.6 Å². The van der Waals surface area contributed by atoms with Crippen molar-refractivity contribution in [3.05, 3.63) is 95.1 Å². The van der Waals surface area contributed by atoms with Gasteiger partial charge in [-0.2, -0.15) is 4.98 Å². The molecule has 1 amide bonds. The van der Waals surface area contributed by atoms with Crippen LogP contribution in [0.3, 0.4) is 0 Å². The lowest BCUT2D eigenvalue weighted by Gasteiger charge is -2.27. The van der Waals surface area contributed by atoms with E-state index in [9.17, 15) is 4.79 Å². The summed E-state index contributed by atoms with van der Waals surface area (Å²) in [7, 11) is -0.855. The summed E-state index contributed by atoms with van der Waals surface area (Å²) in [5.74, 6) is 0.737. The van der Waals surface area contributed by atoms with Crippen LogP contribution in [-0.4, -0.2) is 41.2 Å². The Labute approximate surface area is 230 Å². The number of aryl methyl sites for hydroxylation is 2. The van der Waals surface area contributed by atoms with Crippen LogP contribution in [0.5, 0.6) is 5.88 Å². The molecule has 0 saturated carbocycles. The molecule has 4 bridgehead atoms. The van der Waals surface area contributed by atoms with Crippen LogP contribution in [0.25, 0.3) is 11.3 Å². The van der Waals surface area contributed by atoms with E-state index in [1.807, 2.05) is 36.4 Å². The highest BCUT2D eigenvalue weighted by atomic mass is 32.3. The van der Waals surface area contributed by atoms with E-state index in [0.29, 0.717) is 23.9 Å². The molecule has 196 valence electrons. The van der Waals surface area contributed by atoms with Gasteiger partial charge in [0.1, 0.15) is 6.10 Å². The first-order chi connectivity index (χ1) is 18.2. The number of carbonyl (C=O) groups is 1. The lowest BCUT2D eigenvalue weighted by Crippen LogP contribution is -2.30. The number of amides is 1. The number of aromatic nitrogens is 2. The van der Waals surface area contributed by atoms with Crippen molar-refractivity contribution in [3.8, 4) is 17.1 Å². The standard InChI is InChI=1S/C30H32N4O2S2/c1-19-8-6-9-20(2)28(19)25-17-27-33-30(32-25)34-37-23-11-7-10-22(16-23)29(35)31-18-26(36-27)21-12-14-24(15-13-21)38(3,4)5/h6-17,26H,18H2,1-5H3,(H,31,35)(H,32,33,34). The smallest absolute Gasteiger partial charge is 0.251 e. The molecule has 1 atom stereocenters. The Morgan fingerprint density at radius 3 is 2.34 bits per heavy atom. The van der Waals surface area contributed by atoms with Gasteiger partial charge in [-0.1, -0.05) is 36.4 Å². The van der Waals surface area contributed by atoms with Crippen molar-refractivity contribution in [3.63, 3.8) is 0 Å². The number of benzene rings is 3. The zero-order valence-electron chi connectivity index (χ0n) is 22.2. The summed E-state index contributed by atoms with van der Waals surface area (Å²) in [6, 6.07) is 24.1. The molecule has 3 aromatic carbocycles. The number of anilines is 1. The SMILES string of the molecule is Cc1cccc(C)c1-c1cc2nc(n1)NSc1cccc(c1)C(=O)NCC(c1ccc(S(C)(C)C)cc1)O2. The Bertz CT molecular complexity index is 1460. The third-order valence-corrected chi connectivity index (χ3v) is 8.93. The van der Waals surface area contributed by atoms with E-state index in [0.717, 1.165) is 32.8 Å². The summed E-state index contributed by atoms with van der Waals surface area (Å²) in [6.45, 7) is 4.46. The fourth-order valence-corrected chi connectivity index (χ4v) is 6.02. The van der Waals surface area contributed by atoms with E-state index in [1.54, 1.807) is 0 Å². The summed E-state index contributed by atoms with van der Waals surface area (Å²) in [4.78, 5) is 24.8. The Balaban J connectivity index is 1.60. The first-order valence-electron chi connectivity index (χ1n) is 12.4. The van der Waals surface area contributed by atoms with E-state index in [2.05, 4.69) is 79.1 Å². The molecular weight excluding hydrogens is 512 g/mol. The van der Waals surface area contributed by atoms with Gasteiger partial charge >= 0.3 is 0 Å². The maximum atomic E-state index is 13.0. The van der Waals surface area contributed by atoms with E-state index in [1.165, 1.54) is 16.8 Å². The first kappa shape index (κ1) is 26.1. The molecule has 0 fully saturated rings. The van der Waals surface area contributed by atoms with E-state index >= 15 is 0 Å². The molecular formula is C30H32N4O2S2. The zero-order chi connectivity index (χ0) is 26.9. The predicted octanol–water partition coefficient (Wildman–Crippen LogP) is 6.80. The topological polar surface area (TPSA) is 76.1 Å². The van der Waals surface area contributed by atoms with Gasteiger partial charge in [0, 0.05) is 22.1 Å². The van der Waals surface area contributed by atoms with Crippen molar-refractivity contribution in [2.75, 3.05) is 30.0 Å². The van der Waals surface area contributed by atoms with Crippen molar-refractivity contribution in [1.82, 2.24) is 15.3 Å². The molecule has 0 radical (unpaired) electrons. The zero-order valence-corrected chi connectivity index (χ0v) is 23.9. The van der Waals surface area contributed by atoms with Crippen LogP contribution in [-0.2, 0) is 0 Å². The van der Waals surface area contributed by atoms with Crippen LogP contribution in [0.1, 0.15) is 33.2 Å². The van der Waals surface area contributed by atoms with E-state index < -0.39 is 16.1 Å². The van der Waals surface area contributed by atoms with Gasteiger partial charge in [0.2, 0.25) is 11.8 Å². The molecule has 6 nitrogen and oxygen atoms in total. The maximum Gasteiger partial charge on any atom is 0.251 e. The molecule has 1 aliphatic heterocycles. The minimum Gasteiger partial charge on any atom is -0.467 e. The highest BCUT2D eigenvalue weighted by molar-refractivity contribution is 8.32. The fourth-order valence-electron chi connectivity index (χ4n) is 4.43. The number of nitrogens with one attached hydrogen (secondary N) is 2. The summed E-state index contributed by atoms with van der Waals surface area (Å²) in [5, 5.41) is 3.06. The number of hydrogen-bond acceptors (Lipinski definition) is 6. The van der Waals surface area contributed by atoms with Crippen LogP contribution in [0.4, 0.5) is 5.95 Å². The third kappa shape index (κ3) is 5.81. The average Bonchev–Trinajstić information content (AvgIpc) is 2.89. The van der Waals surface area contributed by atoms with Crippen molar-refractivity contribution >= 4 is 33.8 Å². The molecule has 1 aromatic heterocycles. The van der Waals surface area contributed by atoms with Crippen molar-refractivity contribution in [1.29, 1.82) is 0 Å². The van der Waals surface area contributed by atoms with Crippen molar-refractivity contribution < 1.29 is 9.53 Å².